The van der Waals surface area contributed by atoms with Gasteiger partial charge in [0.1, 0.15) is 5.60 Å². The van der Waals surface area contributed by atoms with Gasteiger partial charge in [0.25, 0.3) is 0 Å². The highest BCUT2D eigenvalue weighted by Crippen LogP contribution is 2.46. The lowest BCUT2D eigenvalue weighted by Crippen LogP contribution is -2.46. The number of rotatable bonds is 2. The van der Waals surface area contributed by atoms with E-state index in [-0.39, 0.29) is 5.60 Å². The molecule has 2 heterocycles. The van der Waals surface area contributed by atoms with Gasteiger partial charge in [-0.15, -0.1) is 0 Å². The van der Waals surface area contributed by atoms with Crippen molar-refractivity contribution in [2.24, 2.45) is 0 Å². The van der Waals surface area contributed by atoms with E-state index >= 15 is 0 Å². The summed E-state index contributed by atoms with van der Waals surface area (Å²) in [6.45, 7) is 5.37. The van der Waals surface area contributed by atoms with Crippen molar-refractivity contribution < 1.29 is 4.65 Å². The molecule has 2 fully saturated rings. The van der Waals surface area contributed by atoms with Crippen LogP contribution in [-0.4, -0.2) is 25.0 Å². The predicted molar refractivity (Wildman–Crippen MR) is 94.3 cm³/mol. The fourth-order valence-electron chi connectivity index (χ4n) is 4.04. The van der Waals surface area contributed by atoms with Gasteiger partial charge < -0.3 is 9.47 Å². The summed E-state index contributed by atoms with van der Waals surface area (Å²) in [5.41, 5.74) is 4.72. The molecule has 1 atom stereocenters. The Hall–Kier alpha value is -1.58. The fourth-order valence-corrected chi connectivity index (χ4v) is 4.04. The zero-order chi connectivity index (χ0) is 15.9. The number of nitrogens with zero attached hydrogens (tertiary/aromatic N) is 1. The molecule has 2 nitrogen and oxygen atoms in total. The predicted octanol–water partition coefficient (Wildman–Crippen LogP) is 3.97. The molecule has 0 aliphatic carbocycles. The van der Waals surface area contributed by atoms with Crippen LogP contribution in [0.15, 0.2) is 48.5 Å². The molecule has 4 rings (SSSR count). The zero-order valence-corrected chi connectivity index (χ0v) is 14.0. The lowest BCUT2D eigenvalue weighted by Gasteiger charge is -2.41. The molecule has 1 unspecified atom stereocenters. The third kappa shape index (κ3) is 2.43. The molecule has 2 aromatic carbocycles. The number of hydrogen-bond donors (Lipinski definition) is 0. The Bertz CT molecular complexity index is 634. The Morgan fingerprint density at radius 3 is 2.04 bits per heavy atom. The Kier molecular flexibility index (Phi) is 3.78. The van der Waals surface area contributed by atoms with Gasteiger partial charge in [-0.25, -0.2) is 0 Å². The number of hydrogen-bond acceptors (Lipinski definition) is 2. The zero-order valence-electron chi connectivity index (χ0n) is 14.0. The van der Waals surface area contributed by atoms with E-state index in [1.807, 2.05) is 7.62 Å². The molecule has 117 valence electrons. The Morgan fingerprint density at radius 1 is 0.913 bits per heavy atom. The van der Waals surface area contributed by atoms with E-state index < -0.39 is 0 Å². The maximum atomic E-state index is 6.44. The van der Waals surface area contributed by atoms with Crippen LogP contribution < -0.4 is 0 Å². The Morgan fingerprint density at radius 2 is 1.48 bits per heavy atom. The summed E-state index contributed by atoms with van der Waals surface area (Å²) in [7, 11) is 1.98. The highest BCUT2D eigenvalue weighted by molar-refractivity contribution is 6.25. The first-order chi connectivity index (χ1) is 11.2. The second-order valence-electron chi connectivity index (χ2n) is 6.94. The molecule has 2 saturated heterocycles. The van der Waals surface area contributed by atoms with Crippen LogP contribution in [0, 0.1) is 13.8 Å². The van der Waals surface area contributed by atoms with Crippen LogP contribution in [-0.2, 0) is 10.3 Å². The third-order valence-corrected chi connectivity index (χ3v) is 5.35. The Labute approximate surface area is 139 Å². The second-order valence-corrected chi connectivity index (χ2v) is 6.94. The quantitative estimate of drug-likeness (QED) is 0.779. The van der Waals surface area contributed by atoms with Crippen molar-refractivity contribution in [1.29, 1.82) is 0 Å². The van der Waals surface area contributed by atoms with Gasteiger partial charge in [0.2, 0.25) is 0 Å². The van der Waals surface area contributed by atoms with Crippen LogP contribution in [0.5, 0.6) is 0 Å². The van der Waals surface area contributed by atoms with E-state index in [1.54, 1.807) is 0 Å². The van der Waals surface area contributed by atoms with Gasteiger partial charge >= 0.3 is 7.62 Å². The van der Waals surface area contributed by atoms with Crippen LogP contribution in [0.1, 0.15) is 41.5 Å². The van der Waals surface area contributed by atoms with Crippen LogP contribution in [0.2, 0.25) is 0 Å². The van der Waals surface area contributed by atoms with Crippen molar-refractivity contribution in [1.82, 2.24) is 4.81 Å². The summed E-state index contributed by atoms with van der Waals surface area (Å²) >= 11 is 0. The number of aryl methyl sites for hydroxylation is 2. The first-order valence-electron chi connectivity index (χ1n) is 8.61. The van der Waals surface area contributed by atoms with Gasteiger partial charge in [-0.05, 0) is 44.4 Å². The van der Waals surface area contributed by atoms with E-state index in [9.17, 15) is 0 Å². The smallest absolute Gasteiger partial charge is 0.400 e. The lowest BCUT2D eigenvalue weighted by molar-refractivity contribution is 0.0839. The molecule has 0 bridgehead atoms. The second kappa shape index (κ2) is 5.81. The fraction of sp³-hybridized carbons (Fsp3) is 0.400. The lowest BCUT2D eigenvalue weighted by atomic mass is 9.76. The average Bonchev–Trinajstić information content (AvgIpc) is 2.97. The van der Waals surface area contributed by atoms with Crippen LogP contribution in [0.25, 0.3) is 0 Å². The highest BCUT2D eigenvalue weighted by atomic mass is 16.5. The molecule has 23 heavy (non-hydrogen) atoms. The van der Waals surface area contributed by atoms with E-state index in [4.69, 9.17) is 4.65 Å². The van der Waals surface area contributed by atoms with Crippen LogP contribution >= 0.6 is 0 Å². The van der Waals surface area contributed by atoms with E-state index in [2.05, 4.69) is 67.2 Å². The van der Waals surface area contributed by atoms with E-state index in [0.717, 1.165) is 6.54 Å². The maximum Gasteiger partial charge on any atom is 0.400 e. The molecule has 0 amide bonds. The number of piperidine rings is 1. The van der Waals surface area contributed by atoms with Crippen molar-refractivity contribution in [2.45, 2.75) is 44.8 Å². The first kappa shape index (κ1) is 15.0. The van der Waals surface area contributed by atoms with Crippen molar-refractivity contribution >= 4 is 7.62 Å². The van der Waals surface area contributed by atoms with Crippen molar-refractivity contribution in [3.05, 3.63) is 70.8 Å². The molecule has 3 heteroatoms. The molecule has 0 aromatic heterocycles. The van der Waals surface area contributed by atoms with Gasteiger partial charge in [0.15, 0.2) is 0 Å². The topological polar surface area (TPSA) is 12.5 Å². The normalized spacial score (nSPS) is 23.3. The van der Waals surface area contributed by atoms with Crippen molar-refractivity contribution in [2.75, 3.05) is 6.54 Å². The largest absolute Gasteiger partial charge is 0.409 e. The SMILES string of the molecule is Cc1ccc(C2(c3ccc(C)cc3)O[B]N3CCCCC32)cc1. The molecule has 2 aromatic rings. The summed E-state index contributed by atoms with van der Waals surface area (Å²) in [6.07, 6.45) is 3.71. The van der Waals surface area contributed by atoms with Crippen LogP contribution in [0.4, 0.5) is 0 Å². The average molecular weight is 304 g/mol. The van der Waals surface area contributed by atoms with Gasteiger partial charge in [0, 0.05) is 6.04 Å². The minimum atomic E-state index is -0.373. The summed E-state index contributed by atoms with van der Waals surface area (Å²) in [6, 6.07) is 18.1. The molecule has 1 radical (unpaired) electrons. The highest BCUT2D eigenvalue weighted by Gasteiger charge is 2.51. The van der Waals surface area contributed by atoms with E-state index in [0.29, 0.717) is 6.04 Å². The standard InChI is InChI=1S/C20H23BNO/c1-15-6-10-17(11-7-15)20(18-12-8-16(2)9-13-18)19-5-3-4-14-22(19)21-23-20/h6-13,19H,3-5,14H2,1-2H3. The maximum absolute atomic E-state index is 6.44. The minimum absolute atomic E-state index is 0.373. The minimum Gasteiger partial charge on any atom is -0.409 e. The molecule has 0 N–H and O–H groups in total. The number of fused-ring (bicyclic) bond motifs is 1. The van der Waals surface area contributed by atoms with E-state index in [1.165, 1.54) is 41.5 Å². The first-order valence-corrected chi connectivity index (χ1v) is 8.61. The molecular weight excluding hydrogens is 281 g/mol. The van der Waals surface area contributed by atoms with Gasteiger partial charge in [0.05, 0.1) is 0 Å². The Balaban J connectivity index is 1.86. The summed E-state index contributed by atoms with van der Waals surface area (Å²) in [5.74, 6) is 0. The molecule has 0 saturated carbocycles. The third-order valence-electron chi connectivity index (χ3n) is 5.35. The van der Waals surface area contributed by atoms with Crippen LogP contribution in [0.3, 0.4) is 0 Å². The van der Waals surface area contributed by atoms with Gasteiger partial charge in [-0.2, -0.15) is 0 Å². The molecular formula is C20H23BNO. The molecule has 2 aliphatic heterocycles. The van der Waals surface area contributed by atoms with Gasteiger partial charge in [-0.3, -0.25) is 0 Å². The monoisotopic (exact) mass is 304 g/mol. The summed E-state index contributed by atoms with van der Waals surface area (Å²) < 4.78 is 6.44. The summed E-state index contributed by atoms with van der Waals surface area (Å²) in [4.78, 5) is 2.41. The van der Waals surface area contributed by atoms with Gasteiger partial charge in [-0.1, -0.05) is 66.1 Å². The van der Waals surface area contributed by atoms with Crippen molar-refractivity contribution in [3.8, 4) is 0 Å². The number of benzene rings is 2. The van der Waals surface area contributed by atoms with Crippen molar-refractivity contribution in [3.63, 3.8) is 0 Å². The molecule has 2 aliphatic rings. The summed E-state index contributed by atoms with van der Waals surface area (Å²) in [5, 5.41) is 0. The molecule has 0 spiro atoms.